The molecular formula is C23H27N3O3. The van der Waals surface area contributed by atoms with Gasteiger partial charge in [-0.25, -0.2) is 0 Å². The second-order valence-electron chi connectivity index (χ2n) is 6.77. The highest BCUT2D eigenvalue weighted by Crippen LogP contribution is 2.11. The molecule has 4 N–H and O–H groups in total. The van der Waals surface area contributed by atoms with Crippen molar-refractivity contribution in [2.24, 2.45) is 5.73 Å². The molecule has 0 aromatic heterocycles. The van der Waals surface area contributed by atoms with Crippen molar-refractivity contribution in [3.63, 3.8) is 0 Å². The van der Waals surface area contributed by atoms with Crippen molar-refractivity contribution in [2.75, 3.05) is 0 Å². The maximum absolute atomic E-state index is 12.1. The van der Waals surface area contributed by atoms with Crippen molar-refractivity contribution < 1.29 is 14.4 Å². The van der Waals surface area contributed by atoms with E-state index in [0.717, 1.165) is 11.1 Å². The Morgan fingerprint density at radius 1 is 0.897 bits per heavy atom. The van der Waals surface area contributed by atoms with Crippen LogP contribution in [0.1, 0.15) is 43.4 Å². The molecule has 0 aliphatic carbocycles. The Morgan fingerprint density at radius 2 is 1.45 bits per heavy atom. The van der Waals surface area contributed by atoms with Crippen LogP contribution in [0.25, 0.3) is 6.08 Å². The van der Waals surface area contributed by atoms with Crippen LogP contribution in [0.3, 0.4) is 0 Å². The third-order valence-electron chi connectivity index (χ3n) is 4.42. The van der Waals surface area contributed by atoms with E-state index in [1.165, 1.54) is 0 Å². The molecule has 0 bridgehead atoms. The summed E-state index contributed by atoms with van der Waals surface area (Å²) < 4.78 is 0. The molecule has 0 spiro atoms. The van der Waals surface area contributed by atoms with Gasteiger partial charge >= 0.3 is 0 Å². The summed E-state index contributed by atoms with van der Waals surface area (Å²) in [6, 6.07) is 18.2. The molecule has 2 aromatic rings. The Balaban J connectivity index is 1.77. The van der Waals surface area contributed by atoms with Crippen molar-refractivity contribution in [2.45, 2.75) is 38.3 Å². The molecule has 3 amide bonds. The molecule has 0 unspecified atom stereocenters. The highest BCUT2D eigenvalue weighted by atomic mass is 16.2. The third kappa shape index (κ3) is 8.01. The van der Waals surface area contributed by atoms with Crippen molar-refractivity contribution in [3.05, 3.63) is 77.9 Å². The Kier molecular flexibility index (Phi) is 8.63. The molecule has 0 saturated carbocycles. The Hall–Kier alpha value is -3.41. The van der Waals surface area contributed by atoms with Crippen LogP contribution in [0.2, 0.25) is 0 Å². The summed E-state index contributed by atoms with van der Waals surface area (Å²) in [4.78, 5) is 35.8. The number of rotatable bonds is 10. The predicted molar refractivity (Wildman–Crippen MR) is 113 cm³/mol. The number of carbonyl (C=O) groups is 3. The van der Waals surface area contributed by atoms with E-state index in [-0.39, 0.29) is 37.1 Å². The summed E-state index contributed by atoms with van der Waals surface area (Å²) in [6.07, 6.45) is 3.96. The highest BCUT2D eigenvalue weighted by Gasteiger charge is 2.17. The minimum atomic E-state index is -0.811. The lowest BCUT2D eigenvalue weighted by atomic mass is 10.1. The molecule has 152 valence electrons. The Bertz CT molecular complexity index is 835. The molecule has 0 aliphatic rings. The molecule has 6 heteroatoms. The summed E-state index contributed by atoms with van der Waals surface area (Å²) >= 11 is 0. The van der Waals surface area contributed by atoms with E-state index in [4.69, 9.17) is 5.73 Å². The van der Waals surface area contributed by atoms with E-state index in [9.17, 15) is 14.4 Å². The fourth-order valence-corrected chi connectivity index (χ4v) is 2.78. The minimum absolute atomic E-state index is 0.0144. The monoisotopic (exact) mass is 393 g/mol. The predicted octanol–water partition coefficient (Wildman–Crippen LogP) is 2.72. The second-order valence-corrected chi connectivity index (χ2v) is 6.77. The smallest absolute Gasteiger partial charge is 0.240 e. The summed E-state index contributed by atoms with van der Waals surface area (Å²) in [5.74, 6) is -1.22. The highest BCUT2D eigenvalue weighted by molar-refractivity contribution is 5.88. The van der Waals surface area contributed by atoms with Crippen LogP contribution in [0.5, 0.6) is 0 Å². The van der Waals surface area contributed by atoms with E-state index in [1.54, 1.807) is 6.08 Å². The normalized spacial score (nSPS) is 12.9. The summed E-state index contributed by atoms with van der Waals surface area (Å²) in [7, 11) is 0. The van der Waals surface area contributed by atoms with Crippen LogP contribution >= 0.6 is 0 Å². The first-order valence-electron chi connectivity index (χ1n) is 9.60. The molecule has 2 atom stereocenters. The number of nitrogens with two attached hydrogens (primary N) is 1. The van der Waals surface area contributed by atoms with Gasteiger partial charge in [-0.05, 0) is 24.5 Å². The van der Waals surface area contributed by atoms with Gasteiger partial charge in [0.1, 0.15) is 6.04 Å². The van der Waals surface area contributed by atoms with Gasteiger partial charge in [-0.3, -0.25) is 14.4 Å². The van der Waals surface area contributed by atoms with E-state index in [0.29, 0.717) is 0 Å². The van der Waals surface area contributed by atoms with E-state index < -0.39 is 11.9 Å². The third-order valence-corrected chi connectivity index (χ3v) is 4.42. The molecule has 0 saturated heterocycles. The molecule has 0 aliphatic heterocycles. The quantitative estimate of drug-likeness (QED) is 0.578. The van der Waals surface area contributed by atoms with Crippen molar-refractivity contribution in [1.82, 2.24) is 10.6 Å². The van der Waals surface area contributed by atoms with Crippen LogP contribution < -0.4 is 16.4 Å². The zero-order valence-corrected chi connectivity index (χ0v) is 16.5. The molecular weight excluding hydrogens is 366 g/mol. The number of benzene rings is 2. The lowest BCUT2D eigenvalue weighted by Gasteiger charge is -2.15. The van der Waals surface area contributed by atoms with Gasteiger partial charge in [-0.15, -0.1) is 0 Å². The first kappa shape index (κ1) is 21.9. The largest absolute Gasteiger partial charge is 0.368 e. The number of hydrogen-bond donors (Lipinski definition) is 3. The number of amides is 3. The zero-order valence-electron chi connectivity index (χ0n) is 16.5. The minimum Gasteiger partial charge on any atom is -0.368 e. The van der Waals surface area contributed by atoms with E-state index >= 15 is 0 Å². The molecule has 2 rings (SSSR count). The van der Waals surface area contributed by atoms with Crippen LogP contribution in [0.4, 0.5) is 0 Å². The van der Waals surface area contributed by atoms with Gasteiger partial charge in [-0.2, -0.15) is 0 Å². The molecule has 29 heavy (non-hydrogen) atoms. The van der Waals surface area contributed by atoms with Crippen molar-refractivity contribution in [3.8, 4) is 0 Å². The first-order valence-corrected chi connectivity index (χ1v) is 9.60. The van der Waals surface area contributed by atoms with Gasteiger partial charge < -0.3 is 16.4 Å². The van der Waals surface area contributed by atoms with Crippen LogP contribution in [0, 0.1) is 0 Å². The summed E-state index contributed by atoms with van der Waals surface area (Å²) in [5, 5.41) is 5.46. The van der Waals surface area contributed by atoms with Gasteiger partial charge in [0.2, 0.25) is 17.7 Å². The standard InChI is InChI=1S/C23H27N3O3/c1-17(19-12-6-3-7-13-19)25-21(27)15-16-22(28)26-20(23(24)29)14-8-11-18-9-4-2-5-10-18/h2-13,17,20H,14-16H2,1H3,(H2,24,29)(H,25,27)(H,26,28)/b11-8+/t17-,20-/m1/s1. The number of primary amides is 1. The molecule has 0 radical (unpaired) electrons. The number of carbonyl (C=O) groups excluding carboxylic acids is 3. The maximum atomic E-state index is 12.1. The SMILES string of the molecule is C[C@@H](NC(=O)CCC(=O)N[C@H](C/C=C/c1ccccc1)C(N)=O)c1ccccc1. The second kappa shape index (κ2) is 11.4. The lowest BCUT2D eigenvalue weighted by molar-refractivity contribution is -0.129. The van der Waals surface area contributed by atoms with Crippen LogP contribution in [0.15, 0.2) is 66.7 Å². The van der Waals surface area contributed by atoms with Crippen molar-refractivity contribution >= 4 is 23.8 Å². The average Bonchev–Trinajstić information content (AvgIpc) is 2.73. The fourth-order valence-electron chi connectivity index (χ4n) is 2.78. The van der Waals surface area contributed by atoms with Gasteiger partial charge in [0, 0.05) is 12.8 Å². The van der Waals surface area contributed by atoms with Crippen molar-refractivity contribution in [1.29, 1.82) is 0 Å². The maximum Gasteiger partial charge on any atom is 0.240 e. The fraction of sp³-hybridized carbons (Fsp3) is 0.261. The number of hydrogen-bond acceptors (Lipinski definition) is 3. The zero-order chi connectivity index (χ0) is 21.1. The van der Waals surface area contributed by atoms with E-state index in [2.05, 4.69) is 10.6 Å². The Labute approximate surface area is 171 Å². The van der Waals surface area contributed by atoms with Gasteiger partial charge in [0.25, 0.3) is 0 Å². The molecule has 0 fully saturated rings. The van der Waals surface area contributed by atoms with Gasteiger partial charge in [0.05, 0.1) is 6.04 Å². The molecule has 2 aromatic carbocycles. The van der Waals surface area contributed by atoms with Gasteiger partial charge in [-0.1, -0.05) is 72.8 Å². The summed E-state index contributed by atoms with van der Waals surface area (Å²) in [6.45, 7) is 1.88. The van der Waals surface area contributed by atoms with Crippen LogP contribution in [-0.2, 0) is 14.4 Å². The average molecular weight is 393 g/mol. The van der Waals surface area contributed by atoms with E-state index in [1.807, 2.05) is 73.7 Å². The molecule has 0 heterocycles. The summed E-state index contributed by atoms with van der Waals surface area (Å²) in [5.41, 5.74) is 7.37. The molecule has 6 nitrogen and oxygen atoms in total. The van der Waals surface area contributed by atoms with Crippen LogP contribution in [-0.4, -0.2) is 23.8 Å². The van der Waals surface area contributed by atoms with Gasteiger partial charge in [0.15, 0.2) is 0 Å². The Morgan fingerprint density at radius 3 is 2.03 bits per heavy atom. The first-order chi connectivity index (χ1) is 14.0. The number of nitrogens with one attached hydrogen (secondary N) is 2. The lowest BCUT2D eigenvalue weighted by Crippen LogP contribution is -2.44. The topological polar surface area (TPSA) is 101 Å².